The van der Waals surface area contributed by atoms with E-state index in [4.69, 9.17) is 11.6 Å². The summed E-state index contributed by atoms with van der Waals surface area (Å²) in [7, 11) is -5.19. The van der Waals surface area contributed by atoms with E-state index in [9.17, 15) is 21.6 Å². The molecule has 0 atom stereocenters. The van der Waals surface area contributed by atoms with Crippen molar-refractivity contribution < 1.29 is 21.6 Å². The molecule has 0 aromatic rings. The normalized spacial score (nSPS) is 12.3. The molecule has 0 aliphatic heterocycles. The molecule has 3 nitrogen and oxygen atoms in total. The first kappa shape index (κ1) is 15.5. The van der Waals surface area contributed by atoms with Gasteiger partial charge in [-0.25, -0.2) is 13.1 Å². The van der Waals surface area contributed by atoms with Crippen LogP contribution in [0.4, 0.5) is 13.2 Å². The molecular formula is C3H6ClF3NNaO2S. The van der Waals surface area contributed by atoms with Crippen molar-refractivity contribution in [2.24, 2.45) is 0 Å². The van der Waals surface area contributed by atoms with Gasteiger partial charge in [0.25, 0.3) is 0 Å². The number of nitrogens with one attached hydrogen (secondary N) is 1. The molecular weight excluding hydrogens is 230 g/mol. The minimum absolute atomic E-state index is 0. The number of alkyl halides is 4. The summed E-state index contributed by atoms with van der Waals surface area (Å²) in [6, 6.07) is 0. The second-order valence-corrected chi connectivity index (χ2v) is 3.67. The molecule has 1 N–H and O–H groups in total. The molecule has 12 heavy (non-hydrogen) atoms. The molecule has 0 saturated heterocycles. The van der Waals surface area contributed by atoms with Crippen molar-refractivity contribution in [3.8, 4) is 0 Å². The van der Waals surface area contributed by atoms with E-state index in [1.54, 1.807) is 0 Å². The number of hydrogen-bond acceptors (Lipinski definition) is 2. The first-order valence-electron chi connectivity index (χ1n) is 2.43. The fourth-order valence-electron chi connectivity index (χ4n) is 0.255. The quantitative estimate of drug-likeness (QED) is 0.554. The van der Waals surface area contributed by atoms with Crippen LogP contribution in [0.2, 0.25) is 0 Å². The Bertz CT molecular complexity index is 216. The fraction of sp³-hybridized carbons (Fsp3) is 1.00. The molecule has 0 fully saturated rings. The zero-order valence-electron chi connectivity index (χ0n) is 5.15. The van der Waals surface area contributed by atoms with Gasteiger partial charge in [-0.15, -0.1) is 11.6 Å². The summed E-state index contributed by atoms with van der Waals surface area (Å²) in [5, 5.41) is 0. The SMILES string of the molecule is O=S(=O)(NCCCl)C(F)(F)F.[NaH]. The van der Waals surface area contributed by atoms with Gasteiger partial charge in [0, 0.05) is 12.4 Å². The van der Waals surface area contributed by atoms with Crippen molar-refractivity contribution in [2.75, 3.05) is 12.4 Å². The van der Waals surface area contributed by atoms with E-state index in [0.29, 0.717) is 0 Å². The third kappa shape index (κ3) is 4.88. The van der Waals surface area contributed by atoms with Gasteiger partial charge in [0.15, 0.2) is 0 Å². The van der Waals surface area contributed by atoms with Crippen molar-refractivity contribution in [1.82, 2.24) is 4.72 Å². The van der Waals surface area contributed by atoms with Crippen LogP contribution < -0.4 is 4.72 Å². The Labute approximate surface area is 95.0 Å². The van der Waals surface area contributed by atoms with Crippen LogP contribution in [0, 0.1) is 0 Å². The van der Waals surface area contributed by atoms with E-state index in [0.717, 1.165) is 0 Å². The summed E-state index contributed by atoms with van der Waals surface area (Å²) in [5.41, 5.74) is -5.25. The average molecular weight is 236 g/mol. The van der Waals surface area contributed by atoms with E-state index in [-0.39, 0.29) is 35.4 Å². The molecule has 0 radical (unpaired) electrons. The predicted molar refractivity (Wildman–Crippen MR) is 40.8 cm³/mol. The zero-order valence-corrected chi connectivity index (χ0v) is 6.72. The standard InChI is InChI=1S/C3H5ClF3NO2S.Na.H/c4-1-2-8-11(9,10)3(5,6)7;;/h8H,1-2H2;;. The van der Waals surface area contributed by atoms with E-state index < -0.39 is 22.1 Å². The third-order valence-corrected chi connectivity index (χ3v) is 2.07. The zero-order chi connectivity index (χ0) is 9.12. The first-order chi connectivity index (χ1) is 4.81. The van der Waals surface area contributed by atoms with Crippen molar-refractivity contribution in [2.45, 2.75) is 5.51 Å². The topological polar surface area (TPSA) is 46.2 Å². The summed E-state index contributed by atoms with van der Waals surface area (Å²) in [6.45, 7) is -0.427. The summed E-state index contributed by atoms with van der Waals surface area (Å²) in [4.78, 5) is 0. The summed E-state index contributed by atoms with van der Waals surface area (Å²) in [6.07, 6.45) is 0. The van der Waals surface area contributed by atoms with Crippen LogP contribution >= 0.6 is 11.6 Å². The van der Waals surface area contributed by atoms with Crippen molar-refractivity contribution in [3.63, 3.8) is 0 Å². The van der Waals surface area contributed by atoms with Gasteiger partial charge in [0.05, 0.1) is 0 Å². The molecule has 0 aromatic heterocycles. The van der Waals surface area contributed by atoms with Crippen molar-refractivity contribution in [1.29, 1.82) is 0 Å². The van der Waals surface area contributed by atoms with E-state index >= 15 is 0 Å². The van der Waals surface area contributed by atoms with Gasteiger partial charge in [-0.1, -0.05) is 0 Å². The van der Waals surface area contributed by atoms with Gasteiger partial charge in [0.2, 0.25) is 0 Å². The maximum absolute atomic E-state index is 11.5. The summed E-state index contributed by atoms with van der Waals surface area (Å²) < 4.78 is 55.9. The molecule has 0 bridgehead atoms. The first-order valence-corrected chi connectivity index (χ1v) is 4.45. The Balaban J connectivity index is 0. The molecule has 0 aliphatic rings. The van der Waals surface area contributed by atoms with Crippen LogP contribution in [0.15, 0.2) is 0 Å². The molecule has 0 rings (SSSR count). The van der Waals surface area contributed by atoms with Gasteiger partial charge >= 0.3 is 45.1 Å². The van der Waals surface area contributed by atoms with Gasteiger partial charge in [-0.2, -0.15) is 13.2 Å². The third-order valence-electron chi connectivity index (χ3n) is 0.691. The fourth-order valence-corrected chi connectivity index (χ4v) is 0.996. The Kier molecular flexibility index (Phi) is 7.30. The van der Waals surface area contributed by atoms with E-state index in [1.165, 1.54) is 4.72 Å². The Morgan fingerprint density at radius 3 is 2.00 bits per heavy atom. The molecule has 0 spiro atoms. The van der Waals surface area contributed by atoms with E-state index in [1.807, 2.05) is 0 Å². The van der Waals surface area contributed by atoms with Crippen LogP contribution in [0.3, 0.4) is 0 Å². The maximum atomic E-state index is 11.5. The minimum atomic E-state index is -5.25. The molecule has 0 aliphatic carbocycles. The molecule has 0 amide bonds. The average Bonchev–Trinajstić information content (AvgIpc) is 1.81. The molecule has 0 saturated carbocycles. The second kappa shape index (κ2) is 5.66. The molecule has 9 heteroatoms. The van der Waals surface area contributed by atoms with Crippen LogP contribution in [0.25, 0.3) is 0 Å². The summed E-state index contributed by atoms with van der Waals surface area (Å²) in [5.74, 6) is -0.199. The molecule has 0 unspecified atom stereocenters. The molecule has 0 aromatic carbocycles. The number of sulfonamides is 1. The van der Waals surface area contributed by atoms with Crippen LogP contribution in [-0.4, -0.2) is 55.9 Å². The number of halogens is 4. The van der Waals surface area contributed by atoms with Gasteiger partial charge in [0.1, 0.15) is 0 Å². The molecule has 70 valence electrons. The number of hydrogen-bond donors (Lipinski definition) is 1. The van der Waals surface area contributed by atoms with Crippen molar-refractivity contribution in [3.05, 3.63) is 0 Å². The summed E-state index contributed by atoms with van der Waals surface area (Å²) >= 11 is 4.96. The monoisotopic (exact) mass is 235 g/mol. The van der Waals surface area contributed by atoms with Gasteiger partial charge < -0.3 is 0 Å². The van der Waals surface area contributed by atoms with Crippen LogP contribution in [-0.2, 0) is 10.0 Å². The second-order valence-electron chi connectivity index (χ2n) is 1.53. The Morgan fingerprint density at radius 2 is 1.75 bits per heavy atom. The Morgan fingerprint density at radius 1 is 1.33 bits per heavy atom. The van der Waals surface area contributed by atoms with Gasteiger partial charge in [-0.3, -0.25) is 0 Å². The van der Waals surface area contributed by atoms with E-state index in [2.05, 4.69) is 0 Å². The van der Waals surface area contributed by atoms with Gasteiger partial charge in [-0.05, 0) is 0 Å². The molecule has 0 heterocycles. The number of rotatable bonds is 3. The van der Waals surface area contributed by atoms with Crippen LogP contribution in [0.5, 0.6) is 0 Å². The Hall–Kier alpha value is 0.990. The predicted octanol–water partition coefficient (Wildman–Crippen LogP) is 0.0159. The van der Waals surface area contributed by atoms with Crippen LogP contribution in [0.1, 0.15) is 0 Å². The van der Waals surface area contributed by atoms with Crippen molar-refractivity contribution >= 4 is 51.2 Å².